The van der Waals surface area contributed by atoms with Crippen molar-refractivity contribution in [1.82, 2.24) is 0 Å². The van der Waals surface area contributed by atoms with Crippen LogP contribution >= 0.6 is 11.6 Å². The molecule has 2 nitrogen and oxygen atoms in total. The van der Waals surface area contributed by atoms with Gasteiger partial charge in [0.2, 0.25) is 0 Å². The summed E-state index contributed by atoms with van der Waals surface area (Å²) in [6.07, 6.45) is 11.5. The molecular formula is C26H33ClO2. The number of hydrogen-bond donors (Lipinski definition) is 2. The molecule has 4 aliphatic rings. The van der Waals surface area contributed by atoms with Gasteiger partial charge < -0.3 is 10.2 Å². The largest absolute Gasteiger partial charge is 0.393 e. The van der Waals surface area contributed by atoms with Crippen molar-refractivity contribution in [2.45, 2.75) is 71.0 Å². The summed E-state index contributed by atoms with van der Waals surface area (Å²) in [7, 11) is 0. The summed E-state index contributed by atoms with van der Waals surface area (Å²) in [5, 5.41) is 22.3. The maximum atomic E-state index is 11.3. The van der Waals surface area contributed by atoms with Gasteiger partial charge in [0.05, 0.1) is 12.2 Å². The van der Waals surface area contributed by atoms with Crippen molar-refractivity contribution >= 4 is 17.7 Å². The highest BCUT2D eigenvalue weighted by atomic mass is 35.5. The van der Waals surface area contributed by atoms with E-state index in [1.807, 2.05) is 24.3 Å². The molecule has 0 saturated heterocycles. The fourth-order valence-electron chi connectivity index (χ4n) is 7.41. The highest BCUT2D eigenvalue weighted by molar-refractivity contribution is 6.30. The van der Waals surface area contributed by atoms with Crippen molar-refractivity contribution in [2.75, 3.05) is 0 Å². The molecule has 1 aromatic rings. The van der Waals surface area contributed by atoms with Gasteiger partial charge in [0.25, 0.3) is 0 Å². The van der Waals surface area contributed by atoms with Crippen molar-refractivity contribution in [2.24, 2.45) is 28.6 Å². The number of benzene rings is 1. The molecule has 0 bridgehead atoms. The molecular weight excluding hydrogens is 380 g/mol. The Bertz CT molecular complexity index is 856. The normalized spacial score (nSPS) is 45.3. The molecule has 0 spiro atoms. The minimum atomic E-state index is -0.351. The fourth-order valence-corrected chi connectivity index (χ4v) is 7.54. The van der Waals surface area contributed by atoms with Crippen LogP contribution in [0.2, 0.25) is 5.02 Å². The van der Waals surface area contributed by atoms with Gasteiger partial charge in [-0.3, -0.25) is 0 Å². The summed E-state index contributed by atoms with van der Waals surface area (Å²) in [4.78, 5) is 0. The van der Waals surface area contributed by atoms with Crippen LogP contribution in [0.4, 0.5) is 0 Å². The second-order valence-electron chi connectivity index (χ2n) is 10.6. The second kappa shape index (κ2) is 6.97. The summed E-state index contributed by atoms with van der Waals surface area (Å²) < 4.78 is 0. The predicted octanol–water partition coefficient (Wildman–Crippen LogP) is 6.02. The first kappa shape index (κ1) is 19.8. The molecule has 0 aliphatic heterocycles. The number of allylic oxidation sites excluding steroid dienone is 1. The van der Waals surface area contributed by atoms with Crippen molar-refractivity contribution in [1.29, 1.82) is 0 Å². The van der Waals surface area contributed by atoms with E-state index in [1.54, 1.807) is 0 Å². The molecule has 7 atom stereocenters. The summed E-state index contributed by atoms with van der Waals surface area (Å²) in [6.45, 7) is 4.79. The fraction of sp³-hybridized carbons (Fsp3) is 0.615. The van der Waals surface area contributed by atoms with Crippen LogP contribution in [-0.2, 0) is 0 Å². The van der Waals surface area contributed by atoms with Crippen LogP contribution in [0.1, 0.15) is 64.4 Å². The molecule has 5 rings (SSSR count). The standard InChI is InChI=1S/C26H33ClO2/c1-25-11-9-20(28)15-18(25)5-8-21-22(25)10-12-26(2)23(21)14-17(24(26)29)13-16-3-6-19(27)7-4-16/h3-7,13,20-24,28-29H,8-12,14-15H2,1-2H3/b17-13-/t20-,21-,22+,23+,24+,25-,26+/m0/s1. The number of halogens is 1. The van der Waals surface area contributed by atoms with Gasteiger partial charge >= 0.3 is 0 Å². The SMILES string of the molecule is C[C@@]12CC[C@@H]3[C@H](CC=C4C[C@@H](O)CC[C@@]43C)[C@H]1C/C(=C/c1ccc(Cl)cc1)[C@H]2O. The molecule has 3 saturated carbocycles. The predicted molar refractivity (Wildman–Crippen MR) is 119 cm³/mol. The lowest BCUT2D eigenvalue weighted by molar-refractivity contribution is -0.0685. The Balaban J connectivity index is 1.46. The van der Waals surface area contributed by atoms with E-state index in [9.17, 15) is 10.2 Å². The van der Waals surface area contributed by atoms with E-state index >= 15 is 0 Å². The lowest BCUT2D eigenvalue weighted by atomic mass is 9.48. The number of rotatable bonds is 1. The zero-order valence-corrected chi connectivity index (χ0v) is 18.3. The molecule has 1 aromatic carbocycles. The van der Waals surface area contributed by atoms with E-state index in [0.29, 0.717) is 17.8 Å². The third kappa shape index (κ3) is 3.06. The Hall–Kier alpha value is -1.09. The average molecular weight is 413 g/mol. The molecule has 0 amide bonds. The molecule has 0 heterocycles. The van der Waals surface area contributed by atoms with E-state index in [4.69, 9.17) is 11.6 Å². The Morgan fingerprint density at radius 3 is 2.52 bits per heavy atom. The molecule has 156 valence electrons. The summed E-state index contributed by atoms with van der Waals surface area (Å²) in [5.74, 6) is 1.87. The van der Waals surface area contributed by atoms with Gasteiger partial charge in [-0.2, -0.15) is 0 Å². The molecule has 3 fully saturated rings. The molecule has 2 N–H and O–H groups in total. The Morgan fingerprint density at radius 2 is 1.76 bits per heavy atom. The lowest BCUT2D eigenvalue weighted by Crippen LogP contribution is -2.51. The minimum absolute atomic E-state index is 0.0185. The van der Waals surface area contributed by atoms with Gasteiger partial charge in [0.15, 0.2) is 0 Å². The maximum absolute atomic E-state index is 11.3. The lowest BCUT2D eigenvalue weighted by Gasteiger charge is -2.57. The van der Waals surface area contributed by atoms with Crippen molar-refractivity contribution in [3.05, 3.63) is 52.1 Å². The van der Waals surface area contributed by atoms with Gasteiger partial charge in [0.1, 0.15) is 0 Å². The van der Waals surface area contributed by atoms with Gasteiger partial charge in [-0.05, 0) is 91.4 Å². The molecule has 0 radical (unpaired) electrons. The number of aliphatic hydroxyl groups excluding tert-OH is 2. The van der Waals surface area contributed by atoms with Gasteiger partial charge in [-0.1, -0.05) is 55.3 Å². The van der Waals surface area contributed by atoms with E-state index in [2.05, 4.69) is 26.0 Å². The Kier molecular flexibility index (Phi) is 4.77. The van der Waals surface area contributed by atoms with Crippen LogP contribution in [0.25, 0.3) is 6.08 Å². The smallest absolute Gasteiger partial charge is 0.0809 e. The molecule has 4 aliphatic carbocycles. The Morgan fingerprint density at radius 1 is 1.00 bits per heavy atom. The van der Waals surface area contributed by atoms with Gasteiger partial charge in [-0.25, -0.2) is 0 Å². The van der Waals surface area contributed by atoms with Crippen molar-refractivity contribution in [3.8, 4) is 0 Å². The Labute approximate surface area is 179 Å². The van der Waals surface area contributed by atoms with Crippen molar-refractivity contribution in [3.63, 3.8) is 0 Å². The monoisotopic (exact) mass is 412 g/mol. The van der Waals surface area contributed by atoms with Crippen LogP contribution in [0.15, 0.2) is 41.5 Å². The molecule has 29 heavy (non-hydrogen) atoms. The zero-order chi connectivity index (χ0) is 20.4. The quantitative estimate of drug-likeness (QED) is 0.554. The average Bonchev–Trinajstić information content (AvgIpc) is 2.95. The van der Waals surface area contributed by atoms with Crippen LogP contribution in [0.5, 0.6) is 0 Å². The highest BCUT2D eigenvalue weighted by Crippen LogP contribution is 2.65. The third-order valence-corrected chi connectivity index (χ3v) is 9.42. The van der Waals surface area contributed by atoms with Gasteiger partial charge in [-0.15, -0.1) is 0 Å². The highest BCUT2D eigenvalue weighted by Gasteiger charge is 2.59. The van der Waals surface area contributed by atoms with Crippen LogP contribution in [0, 0.1) is 28.6 Å². The van der Waals surface area contributed by atoms with E-state index in [0.717, 1.165) is 49.1 Å². The summed E-state index contributed by atoms with van der Waals surface area (Å²) >= 11 is 6.04. The number of aliphatic hydroxyl groups is 2. The van der Waals surface area contributed by atoms with Gasteiger partial charge in [0, 0.05) is 10.4 Å². The number of hydrogen-bond acceptors (Lipinski definition) is 2. The first-order chi connectivity index (χ1) is 13.8. The molecule has 0 aromatic heterocycles. The van der Waals surface area contributed by atoms with E-state index in [1.165, 1.54) is 17.6 Å². The zero-order valence-electron chi connectivity index (χ0n) is 17.6. The summed E-state index contributed by atoms with van der Waals surface area (Å²) in [5.41, 5.74) is 4.06. The second-order valence-corrected chi connectivity index (χ2v) is 11.0. The molecule has 0 unspecified atom stereocenters. The first-order valence-corrected chi connectivity index (χ1v) is 11.7. The first-order valence-electron chi connectivity index (χ1n) is 11.3. The van der Waals surface area contributed by atoms with E-state index < -0.39 is 0 Å². The topological polar surface area (TPSA) is 40.5 Å². The number of fused-ring (bicyclic) bond motifs is 5. The van der Waals surface area contributed by atoms with E-state index in [-0.39, 0.29) is 23.0 Å². The molecule has 3 heteroatoms. The maximum Gasteiger partial charge on any atom is 0.0809 e. The van der Waals surface area contributed by atoms with Crippen LogP contribution in [0.3, 0.4) is 0 Å². The minimum Gasteiger partial charge on any atom is -0.393 e. The van der Waals surface area contributed by atoms with Crippen LogP contribution in [-0.4, -0.2) is 22.4 Å². The van der Waals surface area contributed by atoms with Crippen LogP contribution < -0.4 is 0 Å². The third-order valence-electron chi connectivity index (χ3n) is 9.17. The summed E-state index contributed by atoms with van der Waals surface area (Å²) in [6, 6.07) is 7.93. The van der Waals surface area contributed by atoms with Crippen molar-refractivity contribution < 1.29 is 10.2 Å².